The first-order valence-corrected chi connectivity index (χ1v) is 14.7. The van der Waals surface area contributed by atoms with E-state index >= 15 is 0 Å². The van der Waals surface area contributed by atoms with E-state index in [0.29, 0.717) is 24.4 Å². The van der Waals surface area contributed by atoms with Crippen LogP contribution in [0.3, 0.4) is 0 Å². The molecule has 0 aromatic heterocycles. The van der Waals surface area contributed by atoms with Gasteiger partial charge in [0, 0.05) is 11.3 Å². The van der Waals surface area contributed by atoms with Gasteiger partial charge in [-0.15, -0.1) is 0 Å². The summed E-state index contributed by atoms with van der Waals surface area (Å²) in [6.45, 7) is 25.3. The first kappa shape index (κ1) is 31.0. The molecule has 3 heteroatoms. The number of anilines is 1. The average molecular weight is 507 g/mol. The van der Waals surface area contributed by atoms with Crippen molar-refractivity contribution in [1.29, 1.82) is 0 Å². The van der Waals surface area contributed by atoms with Crippen LogP contribution in [-0.4, -0.2) is 19.7 Å². The van der Waals surface area contributed by atoms with Crippen molar-refractivity contribution in [2.24, 2.45) is 17.8 Å². The Labute approximate surface area is 228 Å². The minimum absolute atomic E-state index is 0.482. The molecule has 0 amide bonds. The maximum absolute atomic E-state index is 6.57. The molecule has 3 nitrogen and oxygen atoms in total. The molecule has 1 saturated heterocycles. The van der Waals surface area contributed by atoms with Gasteiger partial charge in [-0.1, -0.05) is 71.1 Å². The van der Waals surface area contributed by atoms with E-state index < -0.39 is 0 Å². The molecule has 1 aromatic rings. The van der Waals surface area contributed by atoms with E-state index in [0.717, 1.165) is 75.0 Å². The Morgan fingerprint density at radius 3 is 2.43 bits per heavy atom. The second-order valence-corrected chi connectivity index (χ2v) is 11.2. The molecule has 1 heterocycles. The molecule has 1 unspecified atom stereocenters. The third kappa shape index (κ3) is 9.21. The highest BCUT2D eigenvalue weighted by Crippen LogP contribution is 2.39. The zero-order valence-electron chi connectivity index (χ0n) is 24.7. The lowest BCUT2D eigenvalue weighted by Crippen LogP contribution is -2.29. The highest BCUT2D eigenvalue weighted by molar-refractivity contribution is 5.80. The zero-order chi connectivity index (χ0) is 27.4. The number of piperidine rings is 1. The average Bonchev–Trinajstić information content (AvgIpc) is 2.90. The summed E-state index contributed by atoms with van der Waals surface area (Å²) >= 11 is 0. The van der Waals surface area contributed by atoms with Crippen molar-refractivity contribution >= 4 is 11.3 Å². The van der Waals surface area contributed by atoms with Crippen molar-refractivity contribution in [3.05, 3.63) is 65.3 Å². The van der Waals surface area contributed by atoms with Crippen LogP contribution < -0.4 is 15.8 Å². The summed E-state index contributed by atoms with van der Waals surface area (Å²) in [6.07, 6.45) is 11.0. The highest BCUT2D eigenvalue weighted by atomic mass is 16.5. The topological polar surface area (TPSA) is 47.3 Å². The monoisotopic (exact) mass is 506 g/mol. The Morgan fingerprint density at radius 2 is 1.84 bits per heavy atom. The lowest BCUT2D eigenvalue weighted by atomic mass is 9.78. The predicted octanol–water partition coefficient (Wildman–Crippen LogP) is 9.13. The first-order chi connectivity index (χ1) is 17.7. The van der Waals surface area contributed by atoms with E-state index in [9.17, 15) is 0 Å². The van der Waals surface area contributed by atoms with Crippen molar-refractivity contribution < 1.29 is 4.74 Å². The maximum atomic E-state index is 6.57. The van der Waals surface area contributed by atoms with E-state index in [1.807, 2.05) is 12.1 Å². The van der Waals surface area contributed by atoms with Gasteiger partial charge in [0.05, 0.1) is 6.61 Å². The zero-order valence-corrected chi connectivity index (χ0v) is 24.7. The van der Waals surface area contributed by atoms with Crippen LogP contribution in [0.2, 0.25) is 0 Å². The molecule has 1 atom stereocenters. The number of ether oxygens (including phenoxy) is 1. The molecule has 1 aliphatic heterocycles. The van der Waals surface area contributed by atoms with E-state index in [1.54, 1.807) is 0 Å². The van der Waals surface area contributed by atoms with Crippen molar-refractivity contribution in [3.63, 3.8) is 0 Å². The fourth-order valence-electron chi connectivity index (χ4n) is 5.45. The van der Waals surface area contributed by atoms with Crippen LogP contribution in [0.25, 0.3) is 5.57 Å². The standard InChI is InChI=1S/C34H54N2O/c1-9-25(6)28(11-3)23-30(26(7)10-2)31(29-17-19-36-20-18-29)22-27(8)34-32(35)15-12-16-33(34)37-21-13-14-24(4)5/h12,15-16,22,24,28-29,36H,6-7,9-11,13-14,17-21,23,35H2,1-5,8H3/b27-22+,31-30+. The quantitative estimate of drug-likeness (QED) is 0.108. The number of allylic oxidation sites excluding steroid dienone is 6. The third-order valence-corrected chi connectivity index (χ3v) is 7.96. The molecular formula is C34H54N2O. The molecule has 0 bridgehead atoms. The van der Waals surface area contributed by atoms with E-state index in [2.05, 4.69) is 72.2 Å². The molecule has 1 aliphatic rings. The van der Waals surface area contributed by atoms with E-state index in [4.69, 9.17) is 10.5 Å². The summed E-state index contributed by atoms with van der Waals surface area (Å²) in [7, 11) is 0. The van der Waals surface area contributed by atoms with Gasteiger partial charge in [-0.2, -0.15) is 0 Å². The Morgan fingerprint density at radius 1 is 1.14 bits per heavy atom. The Kier molecular flexibility index (Phi) is 13.3. The number of hydrogen-bond donors (Lipinski definition) is 2. The summed E-state index contributed by atoms with van der Waals surface area (Å²) in [4.78, 5) is 0. The summed E-state index contributed by atoms with van der Waals surface area (Å²) in [5.74, 6) is 2.57. The number of rotatable bonds is 15. The van der Waals surface area contributed by atoms with Crippen molar-refractivity contribution in [2.45, 2.75) is 92.9 Å². The van der Waals surface area contributed by atoms with Crippen molar-refractivity contribution in [3.8, 4) is 5.75 Å². The molecule has 1 aromatic carbocycles. The van der Waals surface area contributed by atoms with Gasteiger partial charge >= 0.3 is 0 Å². The molecular weight excluding hydrogens is 452 g/mol. The number of benzene rings is 1. The van der Waals surface area contributed by atoms with Gasteiger partial charge in [0.25, 0.3) is 0 Å². The fraction of sp³-hybridized carbons (Fsp3) is 0.588. The molecule has 37 heavy (non-hydrogen) atoms. The molecule has 0 saturated carbocycles. The lowest BCUT2D eigenvalue weighted by Gasteiger charge is -2.30. The molecule has 0 radical (unpaired) electrons. The highest BCUT2D eigenvalue weighted by Gasteiger charge is 2.24. The van der Waals surface area contributed by atoms with Gasteiger partial charge in [-0.05, 0) is 118 Å². The summed E-state index contributed by atoms with van der Waals surface area (Å²) < 4.78 is 6.30. The van der Waals surface area contributed by atoms with Gasteiger partial charge in [0.15, 0.2) is 0 Å². The van der Waals surface area contributed by atoms with E-state index in [1.165, 1.54) is 34.3 Å². The minimum Gasteiger partial charge on any atom is -0.493 e. The molecule has 2 rings (SSSR count). The smallest absolute Gasteiger partial charge is 0.128 e. The summed E-state index contributed by atoms with van der Waals surface area (Å²) in [5, 5.41) is 3.55. The van der Waals surface area contributed by atoms with Gasteiger partial charge in [-0.3, -0.25) is 0 Å². The molecule has 1 fully saturated rings. The number of nitrogen functional groups attached to an aromatic ring is 1. The van der Waals surface area contributed by atoms with Crippen molar-refractivity contribution in [2.75, 3.05) is 25.4 Å². The molecule has 0 spiro atoms. The predicted molar refractivity (Wildman–Crippen MR) is 164 cm³/mol. The van der Waals surface area contributed by atoms with E-state index in [-0.39, 0.29) is 0 Å². The molecule has 0 aliphatic carbocycles. The molecule has 3 N–H and O–H groups in total. The summed E-state index contributed by atoms with van der Waals surface area (Å²) in [6, 6.07) is 6.06. The van der Waals surface area contributed by atoms with Gasteiger partial charge in [0.2, 0.25) is 0 Å². The van der Waals surface area contributed by atoms with Crippen LogP contribution in [0.15, 0.2) is 59.7 Å². The third-order valence-electron chi connectivity index (χ3n) is 7.96. The normalized spacial score (nSPS) is 16.5. The number of nitrogens with two attached hydrogens (primary N) is 1. The minimum atomic E-state index is 0.482. The van der Waals surface area contributed by atoms with Gasteiger partial charge < -0.3 is 15.8 Å². The first-order valence-electron chi connectivity index (χ1n) is 14.7. The van der Waals surface area contributed by atoms with Crippen LogP contribution in [0, 0.1) is 17.8 Å². The lowest BCUT2D eigenvalue weighted by molar-refractivity contribution is 0.297. The number of hydrogen-bond acceptors (Lipinski definition) is 3. The Hall–Kier alpha value is -2.26. The van der Waals surface area contributed by atoms with Gasteiger partial charge in [-0.25, -0.2) is 0 Å². The van der Waals surface area contributed by atoms with Crippen molar-refractivity contribution in [1.82, 2.24) is 5.32 Å². The van der Waals surface area contributed by atoms with Gasteiger partial charge in [0.1, 0.15) is 5.75 Å². The Balaban J connectivity index is 2.58. The van der Waals surface area contributed by atoms with Crippen LogP contribution in [0.4, 0.5) is 5.69 Å². The van der Waals surface area contributed by atoms with Crippen LogP contribution in [0.5, 0.6) is 5.75 Å². The Bertz CT molecular complexity index is 947. The maximum Gasteiger partial charge on any atom is 0.128 e. The fourth-order valence-corrected chi connectivity index (χ4v) is 5.45. The summed E-state index contributed by atoms with van der Waals surface area (Å²) in [5.41, 5.74) is 15.0. The van der Waals surface area contributed by atoms with Crippen LogP contribution in [0.1, 0.15) is 98.5 Å². The number of nitrogens with one attached hydrogen (secondary N) is 1. The largest absolute Gasteiger partial charge is 0.493 e. The van der Waals surface area contributed by atoms with Crippen LogP contribution in [-0.2, 0) is 0 Å². The van der Waals surface area contributed by atoms with Crippen LogP contribution >= 0.6 is 0 Å². The SMILES string of the molecule is C=C(CC)/C(CC(CC)C(=C)CC)=C(\C=C(/C)c1c(N)cccc1OCCCC(C)C)C1CCNCC1. The second kappa shape index (κ2) is 15.9. The molecule has 206 valence electrons. The second-order valence-electron chi connectivity index (χ2n) is 11.2.